The highest BCUT2D eigenvalue weighted by Crippen LogP contribution is 2.32. The minimum Gasteiger partial charge on any atom is -0.278 e. The second-order valence-electron chi connectivity index (χ2n) is 9.83. The minimum absolute atomic E-state index is 0.0242. The Kier molecular flexibility index (Phi) is 4.53. The Morgan fingerprint density at radius 3 is 1.71 bits per heavy atom. The van der Waals surface area contributed by atoms with E-state index in [1.54, 1.807) is 0 Å². The number of nitrogens with zero attached hydrogens (tertiary/aromatic N) is 4. The van der Waals surface area contributed by atoms with Crippen molar-refractivity contribution in [2.75, 3.05) is 0 Å². The normalized spacial score (nSPS) is 12.8. The number of aromatic nitrogens is 4. The van der Waals surface area contributed by atoms with Crippen molar-refractivity contribution >= 4 is 32.6 Å². The first kappa shape index (κ1) is 19.4. The summed E-state index contributed by atoms with van der Waals surface area (Å²) in [5.74, 6) is 0.766. The fraction of sp³-hybridized carbons (Fsp3) is 0. The highest BCUT2D eigenvalue weighted by Gasteiger charge is 2.17. The van der Waals surface area contributed by atoms with E-state index in [0.29, 0.717) is 17.3 Å². The van der Waals surface area contributed by atoms with Gasteiger partial charge in [-0.05, 0) is 40.1 Å². The van der Waals surface area contributed by atoms with Crippen LogP contribution in [0.1, 0.15) is 5.48 Å². The van der Waals surface area contributed by atoms with Crippen LogP contribution in [0.25, 0.3) is 72.4 Å². The molecule has 2 aromatic heterocycles. The molecule has 0 amide bonds. The molecule has 0 bridgehead atoms. The summed E-state index contributed by atoms with van der Waals surface area (Å²) in [6.45, 7) is 0. The van der Waals surface area contributed by atoms with E-state index in [2.05, 4.69) is 12.1 Å². The second kappa shape index (κ2) is 9.54. The van der Waals surface area contributed by atoms with Crippen LogP contribution in [-0.4, -0.2) is 19.5 Å². The van der Waals surface area contributed by atoms with Crippen LogP contribution in [0.4, 0.5) is 0 Å². The van der Waals surface area contributed by atoms with Crippen molar-refractivity contribution < 1.29 is 5.48 Å². The first-order chi connectivity index (χ1) is 22.0. The largest absolute Gasteiger partial charge is 0.278 e. The molecule has 0 atom stereocenters. The lowest BCUT2D eigenvalue weighted by molar-refractivity contribution is 0.953. The van der Waals surface area contributed by atoms with Crippen LogP contribution in [0, 0.1) is 0 Å². The number of hydrogen-bond acceptors (Lipinski definition) is 3. The summed E-state index contributed by atoms with van der Waals surface area (Å²) in [6.07, 6.45) is 0. The summed E-state index contributed by atoms with van der Waals surface area (Å²) in [4.78, 5) is 14.5. The topological polar surface area (TPSA) is 43.6 Å². The predicted molar refractivity (Wildman–Crippen MR) is 168 cm³/mol. The quantitative estimate of drug-likeness (QED) is 0.229. The molecule has 8 aromatic rings. The van der Waals surface area contributed by atoms with Crippen molar-refractivity contribution in [1.82, 2.24) is 19.5 Å². The van der Waals surface area contributed by atoms with Crippen LogP contribution in [0.3, 0.4) is 0 Å². The molecule has 8 rings (SSSR count). The van der Waals surface area contributed by atoms with Gasteiger partial charge in [0.15, 0.2) is 11.6 Å². The molecule has 0 radical (unpaired) electrons. The lowest BCUT2D eigenvalue weighted by atomic mass is 10.0. The zero-order valence-electron chi connectivity index (χ0n) is 25.8. The summed E-state index contributed by atoms with van der Waals surface area (Å²) < 4.78 is 38.2. The number of rotatable bonds is 4. The van der Waals surface area contributed by atoms with Gasteiger partial charge in [-0.15, -0.1) is 0 Å². The highest BCUT2D eigenvalue weighted by molar-refractivity contribution is 6.09. The average molecular weight is 529 g/mol. The highest BCUT2D eigenvalue weighted by atomic mass is 15.2. The third kappa shape index (κ3) is 4.05. The van der Waals surface area contributed by atoms with Crippen molar-refractivity contribution in [3.63, 3.8) is 0 Å². The van der Waals surface area contributed by atoms with Crippen LogP contribution < -0.4 is 0 Å². The molecule has 0 aliphatic heterocycles. The van der Waals surface area contributed by atoms with Gasteiger partial charge in [0, 0.05) is 21.9 Å². The molecule has 0 saturated heterocycles. The van der Waals surface area contributed by atoms with Crippen LogP contribution in [0.15, 0.2) is 145 Å². The van der Waals surface area contributed by atoms with Crippen LogP contribution >= 0.6 is 0 Å². The molecule has 0 aliphatic rings. The maximum atomic E-state index is 9.11. The van der Waals surface area contributed by atoms with E-state index in [1.807, 2.05) is 114 Å². The summed E-state index contributed by atoms with van der Waals surface area (Å²) in [6, 6.07) is 38.3. The van der Waals surface area contributed by atoms with Gasteiger partial charge in [0.1, 0.15) is 0 Å². The third-order valence-corrected chi connectivity index (χ3v) is 7.32. The van der Waals surface area contributed by atoms with Crippen molar-refractivity contribution in [2.24, 2.45) is 0 Å². The molecular formula is C37H24N4. The van der Waals surface area contributed by atoms with E-state index in [1.165, 1.54) is 0 Å². The molecule has 0 saturated carbocycles. The van der Waals surface area contributed by atoms with Gasteiger partial charge in [0.25, 0.3) is 0 Å². The summed E-state index contributed by atoms with van der Waals surface area (Å²) in [5, 5.41) is 4.07. The number of hydrogen-bond donors (Lipinski definition) is 0. The Labute approximate surface area is 242 Å². The van der Waals surface area contributed by atoms with Gasteiger partial charge >= 0.3 is 0 Å². The lowest BCUT2D eigenvalue weighted by Gasteiger charge is -2.11. The van der Waals surface area contributed by atoms with E-state index >= 15 is 0 Å². The molecule has 41 heavy (non-hydrogen) atoms. The first-order valence-corrected chi connectivity index (χ1v) is 13.4. The Balaban J connectivity index is 1.40. The van der Waals surface area contributed by atoms with E-state index < -0.39 is 0 Å². The molecule has 4 nitrogen and oxygen atoms in total. The molecule has 6 aromatic carbocycles. The van der Waals surface area contributed by atoms with E-state index in [9.17, 15) is 0 Å². The SMILES string of the molecule is [2H]c1c([2H])c(-c2nc(-c3ccccc3)nc(-n3c4ccccc4c4ccccc43)n2)c([2H])c([2H])c1-c1ccc2ccccc2c1. The Morgan fingerprint density at radius 1 is 0.439 bits per heavy atom. The van der Waals surface area contributed by atoms with Crippen molar-refractivity contribution in [1.29, 1.82) is 0 Å². The van der Waals surface area contributed by atoms with Crippen molar-refractivity contribution in [3.8, 4) is 39.9 Å². The van der Waals surface area contributed by atoms with Crippen molar-refractivity contribution in [2.45, 2.75) is 0 Å². The zero-order valence-corrected chi connectivity index (χ0v) is 21.8. The van der Waals surface area contributed by atoms with E-state index in [-0.39, 0.29) is 41.1 Å². The molecule has 2 heterocycles. The van der Waals surface area contributed by atoms with Gasteiger partial charge in [-0.3, -0.25) is 4.57 Å². The molecule has 0 N–H and O–H groups in total. The third-order valence-electron chi connectivity index (χ3n) is 7.32. The molecule has 0 aliphatic carbocycles. The molecule has 4 heteroatoms. The Hall–Kier alpha value is -5.61. The predicted octanol–water partition coefficient (Wildman–Crippen LogP) is 9.12. The molecular weight excluding hydrogens is 500 g/mol. The first-order valence-electron chi connectivity index (χ1n) is 15.4. The monoisotopic (exact) mass is 528 g/mol. The maximum absolute atomic E-state index is 9.11. The van der Waals surface area contributed by atoms with Gasteiger partial charge < -0.3 is 0 Å². The Morgan fingerprint density at radius 2 is 1.00 bits per heavy atom. The van der Waals surface area contributed by atoms with Crippen LogP contribution in [-0.2, 0) is 0 Å². The number of fused-ring (bicyclic) bond motifs is 4. The standard InChI is InChI=1S/C37H24N4/c1-2-11-27(12-3-1)35-38-36(28-21-18-26(19-22-28)30-23-20-25-10-4-5-13-29(25)24-30)40-37(39-35)41-33-16-8-6-14-31(33)32-15-7-9-17-34(32)41/h1-24H/i18D,19D,21D,22D. The maximum Gasteiger partial charge on any atom is 0.238 e. The summed E-state index contributed by atoms with van der Waals surface area (Å²) in [5.41, 5.74) is 3.42. The lowest BCUT2D eigenvalue weighted by Crippen LogP contribution is -2.06. The van der Waals surface area contributed by atoms with E-state index in [4.69, 9.17) is 20.4 Å². The number of para-hydroxylation sites is 2. The molecule has 0 spiro atoms. The zero-order chi connectivity index (χ0) is 30.7. The molecule has 0 fully saturated rings. The van der Waals surface area contributed by atoms with Gasteiger partial charge in [-0.1, -0.05) is 127 Å². The fourth-order valence-electron chi connectivity index (χ4n) is 5.34. The Bertz CT molecular complexity index is 2350. The summed E-state index contributed by atoms with van der Waals surface area (Å²) in [7, 11) is 0. The minimum atomic E-state index is -0.211. The fourth-order valence-corrected chi connectivity index (χ4v) is 5.34. The smallest absolute Gasteiger partial charge is 0.238 e. The number of benzene rings is 6. The van der Waals surface area contributed by atoms with Gasteiger partial charge in [-0.25, -0.2) is 4.98 Å². The van der Waals surface area contributed by atoms with Crippen LogP contribution in [0.5, 0.6) is 0 Å². The van der Waals surface area contributed by atoms with Crippen LogP contribution in [0.2, 0.25) is 0 Å². The summed E-state index contributed by atoms with van der Waals surface area (Å²) >= 11 is 0. The van der Waals surface area contributed by atoms with Crippen molar-refractivity contribution in [3.05, 3.63) is 145 Å². The second-order valence-corrected chi connectivity index (χ2v) is 9.83. The molecule has 192 valence electrons. The van der Waals surface area contributed by atoms with E-state index in [0.717, 1.165) is 38.1 Å². The van der Waals surface area contributed by atoms with Gasteiger partial charge in [-0.2, -0.15) is 9.97 Å². The van der Waals surface area contributed by atoms with Gasteiger partial charge in [0.05, 0.1) is 16.5 Å². The average Bonchev–Trinajstić information content (AvgIpc) is 3.42. The van der Waals surface area contributed by atoms with Gasteiger partial charge in [0.2, 0.25) is 5.95 Å². The molecule has 0 unspecified atom stereocenters.